The number of aromatic nitrogens is 2. The molecular formula is C16H26N4O. The Morgan fingerprint density at radius 3 is 2.57 bits per heavy atom. The molecule has 1 aromatic heterocycles. The molecule has 1 rings (SSSR count). The molecule has 1 heterocycles. The Morgan fingerprint density at radius 2 is 2.10 bits per heavy atom. The Balaban J connectivity index is 2.34. The number of amides is 2. The van der Waals surface area contributed by atoms with Crippen LogP contribution in [-0.4, -0.2) is 28.4 Å². The summed E-state index contributed by atoms with van der Waals surface area (Å²) in [5, 5.41) is 10.0. The van der Waals surface area contributed by atoms with Crippen molar-refractivity contribution in [1.82, 2.24) is 20.4 Å². The van der Waals surface area contributed by atoms with Gasteiger partial charge >= 0.3 is 6.03 Å². The Labute approximate surface area is 127 Å². The molecule has 0 aliphatic heterocycles. The number of nitrogens with zero attached hydrogens (tertiary/aromatic N) is 2. The van der Waals surface area contributed by atoms with Crippen LogP contribution in [0.1, 0.15) is 37.2 Å². The maximum Gasteiger partial charge on any atom is 0.315 e. The molecule has 0 unspecified atom stereocenters. The first-order valence-electron chi connectivity index (χ1n) is 7.36. The van der Waals surface area contributed by atoms with Crippen LogP contribution >= 0.6 is 0 Å². The number of urea groups is 1. The molecule has 1 atom stereocenters. The van der Waals surface area contributed by atoms with Crippen molar-refractivity contribution in [3.05, 3.63) is 17.0 Å². The SMILES string of the molecule is C#C[C@H](NC(=O)NCCCc1c(C)nn(C)c1C)C(C)C. The largest absolute Gasteiger partial charge is 0.338 e. The fraction of sp³-hybridized carbons (Fsp3) is 0.625. The monoisotopic (exact) mass is 290 g/mol. The van der Waals surface area contributed by atoms with Gasteiger partial charge in [0.2, 0.25) is 0 Å². The predicted octanol–water partition coefficient (Wildman–Crippen LogP) is 1.93. The van der Waals surface area contributed by atoms with Gasteiger partial charge in [-0.15, -0.1) is 6.42 Å². The normalized spacial score (nSPS) is 12.0. The highest BCUT2D eigenvalue weighted by Crippen LogP contribution is 2.13. The maximum atomic E-state index is 11.7. The van der Waals surface area contributed by atoms with Crippen molar-refractivity contribution in [1.29, 1.82) is 0 Å². The Kier molecular flexibility index (Phi) is 6.29. The molecule has 0 saturated carbocycles. The first-order chi connectivity index (χ1) is 9.86. The molecule has 5 heteroatoms. The van der Waals surface area contributed by atoms with E-state index in [0.29, 0.717) is 6.54 Å². The van der Waals surface area contributed by atoms with Gasteiger partial charge in [0.05, 0.1) is 11.7 Å². The lowest BCUT2D eigenvalue weighted by atomic mass is 10.1. The molecule has 0 aromatic carbocycles. The van der Waals surface area contributed by atoms with Gasteiger partial charge in [-0.2, -0.15) is 5.10 Å². The minimum absolute atomic E-state index is 0.203. The van der Waals surface area contributed by atoms with Gasteiger partial charge in [0.25, 0.3) is 0 Å². The predicted molar refractivity (Wildman–Crippen MR) is 85.0 cm³/mol. The van der Waals surface area contributed by atoms with Crippen LogP contribution in [0.3, 0.4) is 0 Å². The van der Waals surface area contributed by atoms with Gasteiger partial charge in [0.15, 0.2) is 0 Å². The van der Waals surface area contributed by atoms with Crippen molar-refractivity contribution < 1.29 is 4.79 Å². The molecule has 0 bridgehead atoms. The first-order valence-corrected chi connectivity index (χ1v) is 7.36. The standard InChI is InChI=1S/C16H26N4O/c1-7-15(11(2)3)18-16(21)17-10-8-9-14-12(4)19-20(6)13(14)5/h1,11,15H,8-10H2,2-6H3,(H2,17,18,21)/t15-/m0/s1. The smallest absolute Gasteiger partial charge is 0.315 e. The average Bonchev–Trinajstić information content (AvgIpc) is 2.66. The quantitative estimate of drug-likeness (QED) is 0.621. The topological polar surface area (TPSA) is 59.0 Å². The maximum absolute atomic E-state index is 11.7. The first kappa shape index (κ1) is 17.1. The van der Waals surface area contributed by atoms with E-state index in [-0.39, 0.29) is 18.0 Å². The fourth-order valence-electron chi connectivity index (χ4n) is 2.24. The Bertz CT molecular complexity index is 525. The highest BCUT2D eigenvalue weighted by atomic mass is 16.2. The summed E-state index contributed by atoms with van der Waals surface area (Å²) >= 11 is 0. The van der Waals surface area contributed by atoms with Crippen LogP contribution in [-0.2, 0) is 13.5 Å². The third kappa shape index (κ3) is 4.82. The molecule has 0 aliphatic rings. The number of rotatable bonds is 6. The van der Waals surface area contributed by atoms with Crippen LogP contribution in [0.4, 0.5) is 4.79 Å². The van der Waals surface area contributed by atoms with Gasteiger partial charge in [0.1, 0.15) is 0 Å². The zero-order valence-corrected chi connectivity index (χ0v) is 13.7. The van der Waals surface area contributed by atoms with E-state index in [9.17, 15) is 4.79 Å². The zero-order valence-electron chi connectivity index (χ0n) is 13.7. The van der Waals surface area contributed by atoms with Crippen LogP contribution in [0.25, 0.3) is 0 Å². The summed E-state index contributed by atoms with van der Waals surface area (Å²) in [4.78, 5) is 11.7. The highest BCUT2D eigenvalue weighted by Gasteiger charge is 2.13. The van der Waals surface area contributed by atoms with E-state index in [1.54, 1.807) is 0 Å². The minimum atomic E-state index is -0.229. The van der Waals surface area contributed by atoms with E-state index < -0.39 is 0 Å². The number of terminal acetylenes is 1. The molecule has 0 spiro atoms. The third-order valence-electron chi connectivity index (χ3n) is 3.68. The van der Waals surface area contributed by atoms with E-state index in [2.05, 4.69) is 28.6 Å². The summed E-state index contributed by atoms with van der Waals surface area (Å²) < 4.78 is 1.89. The van der Waals surface area contributed by atoms with E-state index >= 15 is 0 Å². The van der Waals surface area contributed by atoms with Gasteiger partial charge in [-0.3, -0.25) is 4.68 Å². The van der Waals surface area contributed by atoms with Crippen LogP contribution in [0, 0.1) is 32.1 Å². The molecule has 2 N–H and O–H groups in total. The van der Waals surface area contributed by atoms with E-state index in [0.717, 1.165) is 18.5 Å². The number of carbonyl (C=O) groups excluding carboxylic acids is 1. The molecule has 1 aromatic rings. The summed E-state index contributed by atoms with van der Waals surface area (Å²) in [7, 11) is 1.95. The van der Waals surface area contributed by atoms with Crippen LogP contribution in [0.5, 0.6) is 0 Å². The van der Waals surface area contributed by atoms with Gasteiger partial charge in [-0.05, 0) is 38.2 Å². The summed E-state index contributed by atoms with van der Waals surface area (Å²) in [5.74, 6) is 2.81. The van der Waals surface area contributed by atoms with Gasteiger partial charge in [-0.25, -0.2) is 4.79 Å². The molecule has 2 amide bonds. The molecule has 5 nitrogen and oxygen atoms in total. The molecular weight excluding hydrogens is 264 g/mol. The van der Waals surface area contributed by atoms with Crippen molar-refractivity contribution in [2.45, 2.75) is 46.6 Å². The van der Waals surface area contributed by atoms with Crippen LogP contribution in [0.15, 0.2) is 0 Å². The van der Waals surface area contributed by atoms with Gasteiger partial charge in [0, 0.05) is 19.3 Å². The van der Waals surface area contributed by atoms with E-state index in [4.69, 9.17) is 6.42 Å². The fourth-order valence-corrected chi connectivity index (χ4v) is 2.24. The summed E-state index contributed by atoms with van der Waals surface area (Å²) in [6.07, 6.45) is 7.18. The van der Waals surface area contributed by atoms with E-state index in [1.165, 1.54) is 11.3 Å². The molecule has 116 valence electrons. The van der Waals surface area contributed by atoms with Crippen LogP contribution in [0.2, 0.25) is 0 Å². The summed E-state index contributed by atoms with van der Waals surface area (Å²) in [5.41, 5.74) is 3.51. The van der Waals surface area contributed by atoms with Crippen molar-refractivity contribution in [3.8, 4) is 12.3 Å². The second-order valence-electron chi connectivity index (χ2n) is 5.67. The van der Waals surface area contributed by atoms with Crippen LogP contribution < -0.4 is 10.6 Å². The lowest BCUT2D eigenvalue weighted by Gasteiger charge is -2.17. The molecule has 0 saturated heterocycles. The zero-order chi connectivity index (χ0) is 16.0. The second-order valence-corrected chi connectivity index (χ2v) is 5.67. The highest BCUT2D eigenvalue weighted by molar-refractivity contribution is 5.74. The van der Waals surface area contributed by atoms with Crippen molar-refractivity contribution in [2.24, 2.45) is 13.0 Å². The third-order valence-corrected chi connectivity index (χ3v) is 3.68. The van der Waals surface area contributed by atoms with Gasteiger partial charge in [-0.1, -0.05) is 19.8 Å². The lowest BCUT2D eigenvalue weighted by Crippen LogP contribution is -2.44. The lowest BCUT2D eigenvalue weighted by molar-refractivity contribution is 0.236. The second kappa shape index (κ2) is 7.72. The molecule has 0 fully saturated rings. The minimum Gasteiger partial charge on any atom is -0.338 e. The Hall–Kier alpha value is -1.96. The number of aryl methyl sites for hydroxylation is 2. The number of carbonyl (C=O) groups is 1. The molecule has 0 aliphatic carbocycles. The van der Waals surface area contributed by atoms with Crippen molar-refractivity contribution in [2.75, 3.05) is 6.54 Å². The van der Waals surface area contributed by atoms with E-state index in [1.807, 2.05) is 32.5 Å². The summed E-state index contributed by atoms with van der Waals surface area (Å²) in [6.45, 7) is 8.67. The van der Waals surface area contributed by atoms with Crippen molar-refractivity contribution in [3.63, 3.8) is 0 Å². The number of hydrogen-bond acceptors (Lipinski definition) is 2. The molecule has 0 radical (unpaired) electrons. The number of hydrogen-bond donors (Lipinski definition) is 2. The van der Waals surface area contributed by atoms with Gasteiger partial charge < -0.3 is 10.6 Å². The summed E-state index contributed by atoms with van der Waals surface area (Å²) in [6, 6.07) is -0.431. The number of nitrogens with one attached hydrogen (secondary N) is 2. The molecule has 21 heavy (non-hydrogen) atoms. The van der Waals surface area contributed by atoms with Crippen molar-refractivity contribution >= 4 is 6.03 Å². The average molecular weight is 290 g/mol. The Morgan fingerprint density at radius 1 is 1.43 bits per heavy atom.